The zero-order chi connectivity index (χ0) is 14.8. The molecule has 0 saturated heterocycles. The first-order valence-corrected chi connectivity index (χ1v) is 7.17. The van der Waals surface area contributed by atoms with E-state index >= 15 is 0 Å². The van der Waals surface area contributed by atoms with Crippen molar-refractivity contribution in [1.29, 1.82) is 0 Å². The first kappa shape index (κ1) is 13.9. The number of aromatic amines is 1. The van der Waals surface area contributed by atoms with Crippen molar-refractivity contribution in [3.63, 3.8) is 0 Å². The molecule has 0 aliphatic rings. The number of furan rings is 1. The number of aromatic nitrogens is 2. The van der Waals surface area contributed by atoms with E-state index in [2.05, 4.69) is 42.0 Å². The summed E-state index contributed by atoms with van der Waals surface area (Å²) in [6, 6.07) is 7.90. The van der Waals surface area contributed by atoms with Gasteiger partial charge in [-0.3, -0.25) is 0 Å². The molecule has 0 radical (unpaired) electrons. The molecule has 0 aliphatic carbocycles. The van der Waals surface area contributed by atoms with Crippen LogP contribution in [-0.4, -0.2) is 29.0 Å². The van der Waals surface area contributed by atoms with Gasteiger partial charge in [0.15, 0.2) is 5.76 Å². The Balaban J connectivity index is 1.83. The maximum Gasteiger partial charge on any atom is 0.177 e. The van der Waals surface area contributed by atoms with Crippen LogP contribution in [0.4, 0.5) is 0 Å². The van der Waals surface area contributed by atoms with Crippen LogP contribution in [0.3, 0.4) is 0 Å². The zero-order valence-corrected chi connectivity index (χ0v) is 13.1. The highest BCUT2D eigenvalue weighted by Gasteiger charge is 2.02. The third kappa shape index (κ3) is 3.33. The fraction of sp³-hybridized carbons (Fsp3) is 0.188. The van der Waals surface area contributed by atoms with Crippen LogP contribution in [0.15, 0.2) is 34.9 Å². The summed E-state index contributed by atoms with van der Waals surface area (Å²) in [5.41, 5.74) is 1.68. The van der Waals surface area contributed by atoms with Crippen LogP contribution in [0.5, 0.6) is 0 Å². The van der Waals surface area contributed by atoms with Crippen LogP contribution < -0.4 is 5.30 Å². The van der Waals surface area contributed by atoms with Gasteiger partial charge < -0.3 is 14.3 Å². The summed E-state index contributed by atoms with van der Waals surface area (Å²) < 4.78 is 5.66. The molecule has 1 unspecified atom stereocenters. The van der Waals surface area contributed by atoms with Crippen LogP contribution in [0, 0.1) is 11.8 Å². The Kier molecular flexibility index (Phi) is 3.79. The standard InChI is InChI=1S/C16H16N3OP/c1-19(2)10-14-6-5-13(20-14)4-3-12-7-11-8-15(21)9-17-16(11)18-12/h5-9H,10,21H2,1-2H3,(H,17,18). The lowest BCUT2D eigenvalue weighted by molar-refractivity contribution is 0.348. The van der Waals surface area contributed by atoms with Gasteiger partial charge in [-0.15, -0.1) is 9.24 Å². The zero-order valence-electron chi connectivity index (χ0n) is 12.0. The van der Waals surface area contributed by atoms with Gasteiger partial charge in [0.25, 0.3) is 0 Å². The van der Waals surface area contributed by atoms with Crippen molar-refractivity contribution in [2.45, 2.75) is 6.54 Å². The van der Waals surface area contributed by atoms with E-state index in [1.165, 1.54) is 0 Å². The maximum atomic E-state index is 5.66. The second-order valence-corrected chi connectivity index (χ2v) is 5.81. The minimum atomic E-state index is 0.671. The molecule has 3 aromatic rings. The number of nitrogens with zero attached hydrogens (tertiary/aromatic N) is 2. The smallest absolute Gasteiger partial charge is 0.177 e. The molecule has 5 heteroatoms. The lowest BCUT2D eigenvalue weighted by Crippen LogP contribution is -2.09. The molecule has 3 rings (SSSR count). The van der Waals surface area contributed by atoms with E-state index in [4.69, 9.17) is 4.42 Å². The van der Waals surface area contributed by atoms with Gasteiger partial charge in [-0.25, -0.2) is 4.98 Å². The van der Waals surface area contributed by atoms with Gasteiger partial charge >= 0.3 is 0 Å². The molecule has 0 bridgehead atoms. The number of nitrogens with one attached hydrogen (secondary N) is 1. The molecule has 106 valence electrons. The first-order chi connectivity index (χ1) is 10.1. The van der Waals surface area contributed by atoms with Crippen molar-refractivity contribution in [2.75, 3.05) is 14.1 Å². The minimum Gasteiger partial charge on any atom is -0.451 e. The Morgan fingerprint density at radius 2 is 2.14 bits per heavy atom. The lowest BCUT2D eigenvalue weighted by atomic mass is 10.3. The first-order valence-electron chi connectivity index (χ1n) is 6.60. The van der Waals surface area contributed by atoms with Gasteiger partial charge in [0, 0.05) is 11.6 Å². The summed E-state index contributed by atoms with van der Waals surface area (Å²) in [4.78, 5) is 9.56. The molecule has 1 atom stereocenters. The average Bonchev–Trinajstić information content (AvgIpc) is 3.01. The molecule has 0 amide bonds. The Bertz CT molecular complexity index is 836. The molecule has 0 fully saturated rings. The predicted molar refractivity (Wildman–Crippen MR) is 87.5 cm³/mol. The van der Waals surface area contributed by atoms with Crippen molar-refractivity contribution >= 4 is 25.6 Å². The molecule has 1 N–H and O–H groups in total. The second kappa shape index (κ2) is 5.73. The molecule has 3 aromatic heterocycles. The Hall–Kier alpha value is -2.08. The Labute approximate surface area is 125 Å². The van der Waals surface area contributed by atoms with Crippen LogP contribution in [0.1, 0.15) is 17.2 Å². The van der Waals surface area contributed by atoms with E-state index < -0.39 is 0 Å². The van der Waals surface area contributed by atoms with Gasteiger partial charge in [0.05, 0.1) is 12.2 Å². The summed E-state index contributed by atoms with van der Waals surface area (Å²) >= 11 is 0. The lowest BCUT2D eigenvalue weighted by Gasteiger charge is -2.04. The number of rotatable bonds is 2. The highest BCUT2D eigenvalue weighted by Crippen LogP contribution is 2.12. The number of H-pyrrole nitrogens is 1. The van der Waals surface area contributed by atoms with E-state index in [9.17, 15) is 0 Å². The number of pyridine rings is 1. The van der Waals surface area contributed by atoms with Gasteiger partial charge in [0.1, 0.15) is 11.4 Å². The molecule has 0 aliphatic heterocycles. The van der Waals surface area contributed by atoms with Gasteiger partial charge in [-0.1, -0.05) is 0 Å². The van der Waals surface area contributed by atoms with Crippen LogP contribution in [0.25, 0.3) is 11.0 Å². The molecular formula is C16H16N3OP. The summed E-state index contributed by atoms with van der Waals surface area (Å²) in [6.07, 6.45) is 1.81. The highest BCUT2D eigenvalue weighted by molar-refractivity contribution is 7.27. The van der Waals surface area contributed by atoms with Crippen LogP contribution in [0.2, 0.25) is 0 Å². The molecule has 21 heavy (non-hydrogen) atoms. The third-order valence-corrected chi connectivity index (χ3v) is 3.26. The van der Waals surface area contributed by atoms with Crippen LogP contribution >= 0.6 is 9.24 Å². The van der Waals surface area contributed by atoms with E-state index in [0.29, 0.717) is 5.76 Å². The number of fused-ring (bicyclic) bond motifs is 1. The average molecular weight is 297 g/mol. The molecule has 3 heterocycles. The van der Waals surface area contributed by atoms with Crippen molar-refractivity contribution in [3.8, 4) is 11.8 Å². The van der Waals surface area contributed by atoms with E-state index in [1.54, 1.807) is 6.20 Å². The van der Waals surface area contributed by atoms with E-state index in [1.807, 2.05) is 32.3 Å². The maximum absolute atomic E-state index is 5.66. The molecule has 0 aromatic carbocycles. The third-order valence-electron chi connectivity index (χ3n) is 2.95. The summed E-state index contributed by atoms with van der Waals surface area (Å²) in [6.45, 7) is 0.773. The molecule has 0 saturated carbocycles. The monoisotopic (exact) mass is 297 g/mol. The van der Waals surface area contributed by atoms with Crippen LogP contribution in [-0.2, 0) is 6.54 Å². The largest absolute Gasteiger partial charge is 0.451 e. The van der Waals surface area contributed by atoms with Crippen molar-refractivity contribution in [3.05, 3.63) is 47.7 Å². The molecule has 4 nitrogen and oxygen atoms in total. The van der Waals surface area contributed by atoms with E-state index in [-0.39, 0.29) is 0 Å². The fourth-order valence-corrected chi connectivity index (χ4v) is 2.32. The SMILES string of the molecule is CN(C)Cc1ccc(C#Cc2cc3cc(P)cnc3[nH]2)o1. The Morgan fingerprint density at radius 1 is 1.29 bits per heavy atom. The summed E-state index contributed by atoms with van der Waals surface area (Å²) in [7, 11) is 6.65. The summed E-state index contributed by atoms with van der Waals surface area (Å²) in [5, 5.41) is 2.11. The minimum absolute atomic E-state index is 0.671. The normalized spacial score (nSPS) is 10.9. The Morgan fingerprint density at radius 3 is 2.95 bits per heavy atom. The highest BCUT2D eigenvalue weighted by atomic mass is 31.0. The topological polar surface area (TPSA) is 45.1 Å². The number of hydrogen-bond donors (Lipinski definition) is 1. The van der Waals surface area contributed by atoms with Crippen molar-refractivity contribution in [1.82, 2.24) is 14.9 Å². The van der Waals surface area contributed by atoms with Crippen molar-refractivity contribution < 1.29 is 4.42 Å². The summed E-state index contributed by atoms with van der Waals surface area (Å²) in [5.74, 6) is 7.69. The van der Waals surface area contributed by atoms with Gasteiger partial charge in [-0.2, -0.15) is 0 Å². The van der Waals surface area contributed by atoms with Gasteiger partial charge in [-0.05, 0) is 55.5 Å². The fourth-order valence-electron chi connectivity index (χ4n) is 2.07. The van der Waals surface area contributed by atoms with Gasteiger partial charge in [0.2, 0.25) is 0 Å². The number of hydrogen-bond acceptors (Lipinski definition) is 3. The second-order valence-electron chi connectivity index (χ2n) is 5.14. The quantitative estimate of drug-likeness (QED) is 0.582. The van der Waals surface area contributed by atoms with Crippen molar-refractivity contribution in [2.24, 2.45) is 0 Å². The molecule has 0 spiro atoms. The predicted octanol–water partition coefficient (Wildman–Crippen LogP) is 2.12. The molecular weight excluding hydrogens is 281 g/mol. The van der Waals surface area contributed by atoms with E-state index in [0.717, 1.165) is 34.3 Å².